The van der Waals surface area contributed by atoms with Crippen LogP contribution in [0.25, 0.3) is 0 Å². The van der Waals surface area contributed by atoms with Gasteiger partial charge in [-0.25, -0.2) is 5.43 Å². The Bertz CT molecular complexity index is 965. The number of aliphatic carboxylic acids is 1. The predicted octanol–water partition coefficient (Wildman–Crippen LogP) is 3.44. The average Bonchev–Trinajstić information content (AvgIpc) is 3.52. The van der Waals surface area contributed by atoms with Gasteiger partial charge in [0, 0.05) is 18.0 Å². The number of aryl methyl sites for hydroxylation is 1. The number of hydrogen-bond acceptors (Lipinski definition) is 4. The van der Waals surface area contributed by atoms with Gasteiger partial charge in [0.15, 0.2) is 0 Å². The second-order valence-electron chi connectivity index (χ2n) is 7.55. The SMILES string of the molecule is CC(=NNC(=O)C1CC1c1ccc(C)cc1)c1ccc(NC(=O)CCC(=O)O)cc1. The third-order valence-corrected chi connectivity index (χ3v) is 5.12. The van der Waals surface area contributed by atoms with Crippen molar-refractivity contribution < 1.29 is 19.5 Å². The van der Waals surface area contributed by atoms with Crippen molar-refractivity contribution in [3.63, 3.8) is 0 Å². The van der Waals surface area contributed by atoms with Crippen LogP contribution in [0, 0.1) is 12.8 Å². The standard InChI is InChI=1S/C23H25N3O4/c1-14-3-5-17(6-4-14)19-13-20(19)23(30)26-25-15(2)16-7-9-18(10-8-16)24-21(27)11-12-22(28)29/h3-10,19-20H,11-13H2,1-2H3,(H,24,27)(H,26,30)(H,28,29). The molecule has 1 aliphatic rings. The number of hydrogen-bond donors (Lipinski definition) is 3. The van der Waals surface area contributed by atoms with Crippen LogP contribution in [0.4, 0.5) is 5.69 Å². The van der Waals surface area contributed by atoms with Gasteiger partial charge in [0.25, 0.3) is 0 Å². The molecule has 0 aromatic heterocycles. The summed E-state index contributed by atoms with van der Waals surface area (Å²) in [5, 5.41) is 15.5. The summed E-state index contributed by atoms with van der Waals surface area (Å²) in [7, 11) is 0. The van der Waals surface area contributed by atoms with Crippen LogP contribution >= 0.6 is 0 Å². The molecule has 2 unspecified atom stereocenters. The van der Waals surface area contributed by atoms with Crippen LogP contribution in [0.5, 0.6) is 0 Å². The van der Waals surface area contributed by atoms with E-state index >= 15 is 0 Å². The van der Waals surface area contributed by atoms with E-state index in [1.807, 2.05) is 6.92 Å². The first-order valence-electron chi connectivity index (χ1n) is 9.86. The smallest absolute Gasteiger partial charge is 0.303 e. The first-order chi connectivity index (χ1) is 14.3. The van der Waals surface area contributed by atoms with Crippen LogP contribution in [0.15, 0.2) is 53.6 Å². The molecule has 3 N–H and O–H groups in total. The molecule has 2 aromatic carbocycles. The summed E-state index contributed by atoms with van der Waals surface area (Å²) in [6.45, 7) is 3.84. The molecule has 7 nitrogen and oxygen atoms in total. The van der Waals surface area contributed by atoms with Crippen molar-refractivity contribution in [1.82, 2.24) is 5.43 Å². The van der Waals surface area contributed by atoms with E-state index in [-0.39, 0.29) is 36.5 Å². The molecule has 1 saturated carbocycles. The molecule has 0 saturated heterocycles. The zero-order chi connectivity index (χ0) is 21.7. The lowest BCUT2D eigenvalue weighted by Crippen LogP contribution is -2.21. The lowest BCUT2D eigenvalue weighted by Gasteiger charge is -2.07. The quantitative estimate of drug-likeness (QED) is 0.460. The number of amides is 2. The van der Waals surface area contributed by atoms with Gasteiger partial charge in [0.05, 0.1) is 12.1 Å². The Kier molecular flexibility index (Phi) is 6.61. The Morgan fingerprint density at radius 2 is 1.70 bits per heavy atom. The molecule has 3 rings (SSSR count). The molecule has 156 valence electrons. The highest BCUT2D eigenvalue weighted by Gasteiger charge is 2.43. The zero-order valence-corrected chi connectivity index (χ0v) is 17.0. The Hall–Kier alpha value is -3.48. The molecular weight excluding hydrogens is 382 g/mol. The van der Waals surface area contributed by atoms with Crippen molar-refractivity contribution in [3.8, 4) is 0 Å². The van der Waals surface area contributed by atoms with Crippen LogP contribution in [0.3, 0.4) is 0 Å². The summed E-state index contributed by atoms with van der Waals surface area (Å²) < 4.78 is 0. The third kappa shape index (κ3) is 5.76. The molecular formula is C23H25N3O4. The summed E-state index contributed by atoms with van der Waals surface area (Å²) in [5.74, 6) is -1.24. The van der Waals surface area contributed by atoms with E-state index in [0.717, 1.165) is 12.0 Å². The summed E-state index contributed by atoms with van der Waals surface area (Å²) in [6, 6.07) is 15.3. The Balaban J connectivity index is 1.50. The van der Waals surface area contributed by atoms with Crippen molar-refractivity contribution in [1.29, 1.82) is 0 Å². The van der Waals surface area contributed by atoms with E-state index in [2.05, 4.69) is 40.1 Å². The Labute approximate surface area is 175 Å². The second kappa shape index (κ2) is 9.35. The second-order valence-corrected chi connectivity index (χ2v) is 7.55. The molecule has 2 aromatic rings. The number of benzene rings is 2. The van der Waals surface area contributed by atoms with Gasteiger partial charge in [-0.2, -0.15) is 5.10 Å². The van der Waals surface area contributed by atoms with Crippen molar-refractivity contribution in [2.75, 3.05) is 5.32 Å². The minimum atomic E-state index is -1.01. The van der Waals surface area contributed by atoms with Gasteiger partial charge in [-0.1, -0.05) is 42.0 Å². The number of carbonyl (C=O) groups excluding carboxylic acids is 2. The van der Waals surface area contributed by atoms with E-state index in [4.69, 9.17) is 5.11 Å². The van der Waals surface area contributed by atoms with Crippen LogP contribution in [0.2, 0.25) is 0 Å². The van der Waals surface area contributed by atoms with Gasteiger partial charge in [0.2, 0.25) is 11.8 Å². The van der Waals surface area contributed by atoms with Gasteiger partial charge in [-0.15, -0.1) is 0 Å². The summed E-state index contributed by atoms with van der Waals surface area (Å²) in [5.41, 5.74) is 7.07. The van der Waals surface area contributed by atoms with Crippen molar-refractivity contribution in [2.45, 2.75) is 39.0 Å². The highest BCUT2D eigenvalue weighted by Crippen LogP contribution is 2.47. The predicted molar refractivity (Wildman–Crippen MR) is 114 cm³/mol. The number of nitrogens with zero attached hydrogens (tertiary/aromatic N) is 1. The van der Waals surface area contributed by atoms with E-state index in [9.17, 15) is 14.4 Å². The first-order valence-corrected chi connectivity index (χ1v) is 9.86. The van der Waals surface area contributed by atoms with Crippen molar-refractivity contribution in [3.05, 3.63) is 65.2 Å². The molecule has 0 heterocycles. The van der Waals surface area contributed by atoms with Gasteiger partial charge < -0.3 is 10.4 Å². The minimum absolute atomic E-state index is 0.0485. The number of nitrogens with one attached hydrogen (secondary N) is 2. The summed E-state index contributed by atoms with van der Waals surface area (Å²) in [4.78, 5) is 34.6. The lowest BCUT2D eigenvalue weighted by molar-refractivity contribution is -0.138. The molecule has 0 aliphatic heterocycles. The van der Waals surface area contributed by atoms with Crippen LogP contribution < -0.4 is 10.7 Å². The number of hydrazone groups is 1. The van der Waals surface area contributed by atoms with E-state index < -0.39 is 5.97 Å². The molecule has 30 heavy (non-hydrogen) atoms. The lowest BCUT2D eigenvalue weighted by atomic mass is 10.1. The molecule has 7 heteroatoms. The normalized spacial score (nSPS) is 17.9. The summed E-state index contributed by atoms with van der Waals surface area (Å²) >= 11 is 0. The maximum Gasteiger partial charge on any atom is 0.303 e. The maximum absolute atomic E-state index is 12.4. The molecule has 1 fully saturated rings. The highest BCUT2D eigenvalue weighted by atomic mass is 16.4. The highest BCUT2D eigenvalue weighted by molar-refractivity contribution is 6.00. The average molecular weight is 407 g/mol. The number of rotatable bonds is 8. The Morgan fingerprint density at radius 1 is 1.03 bits per heavy atom. The topological polar surface area (TPSA) is 108 Å². The molecule has 0 spiro atoms. The fourth-order valence-electron chi connectivity index (χ4n) is 3.19. The molecule has 1 aliphatic carbocycles. The van der Waals surface area contributed by atoms with Crippen LogP contribution in [0.1, 0.15) is 48.8 Å². The first kappa shape index (κ1) is 21.2. The molecule has 0 bridgehead atoms. The molecule has 2 amide bonds. The number of carbonyl (C=O) groups is 3. The van der Waals surface area contributed by atoms with Crippen LogP contribution in [-0.4, -0.2) is 28.6 Å². The monoisotopic (exact) mass is 407 g/mol. The zero-order valence-electron chi connectivity index (χ0n) is 17.0. The van der Waals surface area contributed by atoms with Crippen molar-refractivity contribution >= 4 is 29.2 Å². The minimum Gasteiger partial charge on any atom is -0.481 e. The van der Waals surface area contributed by atoms with E-state index in [1.165, 1.54) is 11.1 Å². The van der Waals surface area contributed by atoms with Crippen LogP contribution in [-0.2, 0) is 14.4 Å². The van der Waals surface area contributed by atoms with Gasteiger partial charge in [-0.05, 0) is 49.4 Å². The van der Waals surface area contributed by atoms with E-state index in [0.29, 0.717) is 11.4 Å². The fraction of sp³-hybridized carbons (Fsp3) is 0.304. The largest absolute Gasteiger partial charge is 0.481 e. The van der Waals surface area contributed by atoms with Gasteiger partial charge in [-0.3, -0.25) is 14.4 Å². The number of anilines is 1. The molecule has 2 atom stereocenters. The van der Waals surface area contributed by atoms with E-state index in [1.54, 1.807) is 31.2 Å². The van der Waals surface area contributed by atoms with Gasteiger partial charge >= 0.3 is 5.97 Å². The Morgan fingerprint density at radius 3 is 2.33 bits per heavy atom. The third-order valence-electron chi connectivity index (χ3n) is 5.12. The van der Waals surface area contributed by atoms with Gasteiger partial charge in [0.1, 0.15) is 0 Å². The van der Waals surface area contributed by atoms with Crippen molar-refractivity contribution in [2.24, 2.45) is 11.0 Å². The fourth-order valence-corrected chi connectivity index (χ4v) is 3.19. The number of carboxylic acid groups (broad SMARTS) is 1. The summed E-state index contributed by atoms with van der Waals surface area (Å²) in [6.07, 6.45) is 0.551. The number of carboxylic acids is 1. The molecule has 0 radical (unpaired) electrons. The maximum atomic E-state index is 12.4.